The smallest absolute Gasteiger partial charge is 0.328 e. The third-order valence-corrected chi connectivity index (χ3v) is 2.34. The van der Waals surface area contributed by atoms with Gasteiger partial charge in [-0.3, -0.25) is 19.8 Å². The minimum atomic E-state index is -0.780. The van der Waals surface area contributed by atoms with E-state index in [1.165, 1.54) is 0 Å². The van der Waals surface area contributed by atoms with Crippen molar-refractivity contribution in [3.8, 4) is 5.88 Å². The number of aromatic amines is 2. The average molecular weight is 266 g/mol. The van der Waals surface area contributed by atoms with Crippen LogP contribution in [0.2, 0.25) is 5.02 Å². The highest BCUT2D eigenvalue weighted by Crippen LogP contribution is 2.17. The van der Waals surface area contributed by atoms with Crippen molar-refractivity contribution in [2.24, 2.45) is 4.99 Å². The maximum Gasteiger partial charge on any atom is 0.328 e. The highest BCUT2D eigenvalue weighted by atomic mass is 35.5. The summed E-state index contributed by atoms with van der Waals surface area (Å²) >= 11 is 5.77. The Kier molecular flexibility index (Phi) is 3.29. The summed E-state index contributed by atoms with van der Waals surface area (Å²) in [6.07, 6.45) is 1.15. The molecule has 1 aromatic carbocycles. The Bertz CT molecular complexity index is 718. The molecule has 0 aliphatic heterocycles. The summed E-state index contributed by atoms with van der Waals surface area (Å²) in [7, 11) is 0. The number of H-pyrrole nitrogens is 2. The van der Waals surface area contributed by atoms with Gasteiger partial charge >= 0.3 is 5.69 Å². The third kappa shape index (κ3) is 2.67. The van der Waals surface area contributed by atoms with Crippen LogP contribution in [0.4, 0.5) is 5.69 Å². The predicted molar refractivity (Wildman–Crippen MR) is 68.1 cm³/mol. The molecule has 1 heterocycles. The lowest BCUT2D eigenvalue weighted by Crippen LogP contribution is -2.24. The van der Waals surface area contributed by atoms with Crippen LogP contribution in [-0.4, -0.2) is 21.3 Å². The van der Waals surface area contributed by atoms with Crippen molar-refractivity contribution in [2.45, 2.75) is 0 Å². The Morgan fingerprint density at radius 3 is 2.72 bits per heavy atom. The molecule has 7 heteroatoms. The maximum absolute atomic E-state index is 11.4. The molecular weight excluding hydrogens is 258 g/mol. The quantitative estimate of drug-likeness (QED) is 0.711. The van der Waals surface area contributed by atoms with Crippen molar-refractivity contribution in [3.05, 3.63) is 55.7 Å². The Morgan fingerprint density at radius 2 is 2.06 bits per heavy atom. The van der Waals surface area contributed by atoms with E-state index in [4.69, 9.17) is 11.6 Å². The molecule has 0 aliphatic rings. The lowest BCUT2D eigenvalue weighted by molar-refractivity contribution is 0.447. The molecule has 3 N–H and O–H groups in total. The molecule has 0 saturated heterocycles. The molecule has 1 aromatic heterocycles. The van der Waals surface area contributed by atoms with Gasteiger partial charge in [-0.1, -0.05) is 17.7 Å². The first kappa shape index (κ1) is 12.1. The summed E-state index contributed by atoms with van der Waals surface area (Å²) in [5.74, 6) is -0.533. The minimum absolute atomic E-state index is 0.130. The molecule has 0 aliphatic carbocycles. The van der Waals surface area contributed by atoms with E-state index in [1.54, 1.807) is 24.3 Å². The second-order valence-corrected chi connectivity index (χ2v) is 3.85. The molecule has 2 rings (SSSR count). The number of rotatable bonds is 2. The van der Waals surface area contributed by atoms with Gasteiger partial charge in [-0.25, -0.2) is 4.79 Å². The van der Waals surface area contributed by atoms with Gasteiger partial charge in [0.15, 0.2) is 0 Å². The number of aromatic nitrogens is 2. The van der Waals surface area contributed by atoms with Gasteiger partial charge in [-0.15, -0.1) is 0 Å². The SMILES string of the molecule is O=c1[nH]c(O)c(C=Nc2cccc(Cl)c2)c(=O)[nH]1. The van der Waals surface area contributed by atoms with E-state index in [9.17, 15) is 14.7 Å². The van der Waals surface area contributed by atoms with Gasteiger partial charge in [-0.2, -0.15) is 0 Å². The zero-order valence-electron chi connectivity index (χ0n) is 8.98. The molecule has 0 atom stereocenters. The van der Waals surface area contributed by atoms with Crippen molar-refractivity contribution in [1.82, 2.24) is 9.97 Å². The maximum atomic E-state index is 11.4. The van der Waals surface area contributed by atoms with E-state index < -0.39 is 17.1 Å². The zero-order valence-corrected chi connectivity index (χ0v) is 9.73. The molecule has 6 nitrogen and oxygen atoms in total. The molecule has 0 spiro atoms. The van der Waals surface area contributed by atoms with Crippen LogP contribution in [0.5, 0.6) is 5.88 Å². The first-order valence-corrected chi connectivity index (χ1v) is 5.29. The first-order chi connectivity index (χ1) is 8.56. The van der Waals surface area contributed by atoms with Crippen molar-refractivity contribution in [3.63, 3.8) is 0 Å². The summed E-state index contributed by atoms with van der Waals surface area (Å²) in [4.78, 5) is 30.3. The van der Waals surface area contributed by atoms with Crippen molar-refractivity contribution < 1.29 is 5.11 Å². The van der Waals surface area contributed by atoms with Crippen LogP contribution >= 0.6 is 11.6 Å². The second-order valence-electron chi connectivity index (χ2n) is 3.41. The molecule has 0 unspecified atom stereocenters. The fourth-order valence-corrected chi connectivity index (χ4v) is 1.48. The summed E-state index contributed by atoms with van der Waals surface area (Å²) in [5.41, 5.74) is -1.11. The van der Waals surface area contributed by atoms with Gasteiger partial charge in [-0.05, 0) is 18.2 Å². The van der Waals surface area contributed by atoms with Crippen LogP contribution < -0.4 is 11.2 Å². The molecule has 2 aromatic rings. The normalized spacial score (nSPS) is 10.9. The molecule has 92 valence electrons. The van der Waals surface area contributed by atoms with Crippen molar-refractivity contribution in [1.29, 1.82) is 0 Å². The number of halogens is 1. The van der Waals surface area contributed by atoms with Crippen LogP contribution in [0.1, 0.15) is 5.56 Å². The largest absolute Gasteiger partial charge is 0.494 e. The number of aromatic hydroxyl groups is 1. The van der Waals surface area contributed by atoms with Crippen LogP contribution in [0.25, 0.3) is 0 Å². The standard InChI is InChI=1S/C11H8ClN3O3/c12-6-2-1-3-7(4-6)13-5-8-9(16)14-11(18)15-10(8)17/h1-5H,(H3,14,15,16,17,18). The summed E-state index contributed by atoms with van der Waals surface area (Å²) < 4.78 is 0. The topological polar surface area (TPSA) is 98.3 Å². The molecule has 0 saturated carbocycles. The second kappa shape index (κ2) is 4.89. The van der Waals surface area contributed by atoms with Gasteiger partial charge in [0, 0.05) is 11.2 Å². The van der Waals surface area contributed by atoms with Gasteiger partial charge in [0.1, 0.15) is 5.56 Å². The minimum Gasteiger partial charge on any atom is -0.494 e. The van der Waals surface area contributed by atoms with Gasteiger partial charge < -0.3 is 5.11 Å². The summed E-state index contributed by atoms with van der Waals surface area (Å²) in [6.45, 7) is 0. The average Bonchev–Trinajstić information content (AvgIpc) is 2.27. The fraction of sp³-hybridized carbons (Fsp3) is 0. The van der Waals surface area contributed by atoms with Gasteiger partial charge in [0.25, 0.3) is 5.56 Å². The summed E-state index contributed by atoms with van der Waals surface area (Å²) in [6, 6.07) is 6.66. The number of nitrogens with zero attached hydrogens (tertiary/aromatic N) is 1. The van der Waals surface area contributed by atoms with E-state index >= 15 is 0 Å². The molecule has 18 heavy (non-hydrogen) atoms. The van der Waals surface area contributed by atoms with E-state index in [0.717, 1.165) is 6.21 Å². The number of hydrogen-bond acceptors (Lipinski definition) is 4. The Balaban J connectivity index is 2.41. The van der Waals surface area contributed by atoms with Gasteiger partial charge in [0.2, 0.25) is 5.88 Å². The van der Waals surface area contributed by atoms with Crippen LogP contribution in [0, 0.1) is 0 Å². The van der Waals surface area contributed by atoms with Crippen LogP contribution in [-0.2, 0) is 0 Å². The zero-order chi connectivity index (χ0) is 13.1. The molecule has 0 bridgehead atoms. The van der Waals surface area contributed by atoms with Crippen molar-refractivity contribution >= 4 is 23.5 Å². The van der Waals surface area contributed by atoms with E-state index in [1.807, 2.05) is 4.98 Å². The van der Waals surface area contributed by atoms with E-state index in [2.05, 4.69) is 9.98 Å². The number of hydrogen-bond donors (Lipinski definition) is 3. The van der Waals surface area contributed by atoms with E-state index in [0.29, 0.717) is 10.7 Å². The van der Waals surface area contributed by atoms with Crippen LogP contribution in [0.15, 0.2) is 38.8 Å². The lowest BCUT2D eigenvalue weighted by atomic mass is 10.3. The number of aliphatic imine (C=N–C) groups is 1. The predicted octanol–water partition coefficient (Wildman–Crippen LogP) is 1.17. The number of benzene rings is 1. The number of nitrogens with one attached hydrogen (secondary N) is 2. The first-order valence-electron chi connectivity index (χ1n) is 4.91. The fourth-order valence-electron chi connectivity index (χ4n) is 1.30. The van der Waals surface area contributed by atoms with Crippen molar-refractivity contribution in [2.75, 3.05) is 0 Å². The Labute approximate surface area is 106 Å². The van der Waals surface area contributed by atoms with Crippen LogP contribution in [0.3, 0.4) is 0 Å². The van der Waals surface area contributed by atoms with Gasteiger partial charge in [0.05, 0.1) is 5.69 Å². The monoisotopic (exact) mass is 265 g/mol. The third-order valence-electron chi connectivity index (χ3n) is 2.11. The van der Waals surface area contributed by atoms with E-state index in [-0.39, 0.29) is 5.56 Å². The Morgan fingerprint density at radius 1 is 1.28 bits per heavy atom. The highest BCUT2D eigenvalue weighted by Gasteiger charge is 2.05. The molecule has 0 amide bonds. The Hall–Kier alpha value is -2.34. The lowest BCUT2D eigenvalue weighted by Gasteiger charge is -1.96. The molecule has 0 fully saturated rings. The highest BCUT2D eigenvalue weighted by molar-refractivity contribution is 6.30. The molecule has 0 radical (unpaired) electrons. The summed E-state index contributed by atoms with van der Waals surface area (Å²) in [5, 5.41) is 9.92. The molecular formula is C11H8ClN3O3.